The van der Waals surface area contributed by atoms with Crippen LogP contribution in [0.2, 0.25) is 5.02 Å². The van der Waals surface area contributed by atoms with Crippen molar-refractivity contribution in [2.24, 2.45) is 17.8 Å². The van der Waals surface area contributed by atoms with E-state index in [0.29, 0.717) is 17.4 Å². The largest absolute Gasteiger partial charge is 0.298 e. The highest BCUT2D eigenvalue weighted by Crippen LogP contribution is 2.59. The molecule has 3 unspecified atom stereocenters. The molecule has 2 aliphatic carbocycles. The number of ketones is 1. The molecule has 0 radical (unpaired) electrons. The molecule has 0 amide bonds. The Kier molecular flexibility index (Phi) is 3.06. The first-order valence-corrected chi connectivity index (χ1v) is 6.89. The summed E-state index contributed by atoms with van der Waals surface area (Å²) in [4.78, 5) is 12.4. The number of carbonyl (C=O) groups excluding carboxylic acids is 1. The average molecular weight is 278 g/mol. The summed E-state index contributed by atoms with van der Waals surface area (Å²) in [5.41, 5.74) is 0.431. The van der Waals surface area contributed by atoms with Crippen molar-refractivity contribution in [2.45, 2.75) is 25.2 Å². The van der Waals surface area contributed by atoms with Gasteiger partial charge in [0.2, 0.25) is 0 Å². The number of Topliss-reactive ketones (excluding diaryl/α,β-unsaturated/α-hetero) is 1. The Bertz CT molecular complexity index is 570. The lowest BCUT2D eigenvalue weighted by Crippen LogP contribution is -2.16. The van der Waals surface area contributed by atoms with Gasteiger partial charge in [0.05, 0.1) is 6.07 Å². The van der Waals surface area contributed by atoms with Crippen molar-refractivity contribution < 1.29 is 9.18 Å². The second kappa shape index (κ2) is 4.61. The van der Waals surface area contributed by atoms with Crippen molar-refractivity contribution >= 4 is 17.4 Å². The van der Waals surface area contributed by atoms with Crippen molar-refractivity contribution in [2.75, 3.05) is 0 Å². The lowest BCUT2D eigenvalue weighted by Gasteiger charge is -2.11. The number of nitrogens with zero attached hydrogens (tertiary/aromatic N) is 1. The molecule has 4 heteroatoms. The Morgan fingerprint density at radius 3 is 2.68 bits per heavy atom. The van der Waals surface area contributed by atoms with Crippen molar-refractivity contribution in [3.63, 3.8) is 0 Å². The number of hydrogen-bond acceptors (Lipinski definition) is 2. The molecule has 2 saturated carbocycles. The third-order valence-corrected chi connectivity index (χ3v) is 4.75. The Labute approximate surface area is 116 Å². The normalized spacial score (nSPS) is 29.4. The summed E-state index contributed by atoms with van der Waals surface area (Å²) in [5.74, 6) is -0.375. The van der Waals surface area contributed by atoms with Crippen LogP contribution in [0, 0.1) is 34.9 Å². The molecule has 1 aromatic rings. The molecule has 3 rings (SSSR count). The maximum absolute atomic E-state index is 13.0. The SMILES string of the molecule is N#CC(C(=O)C1C2CCCC21)c1ccc(F)cc1Cl. The molecule has 2 aliphatic rings. The van der Waals surface area contributed by atoms with Crippen LogP contribution >= 0.6 is 11.6 Å². The number of benzene rings is 1. The summed E-state index contributed by atoms with van der Waals surface area (Å²) in [6.45, 7) is 0. The van der Waals surface area contributed by atoms with Crippen LogP contribution in [0.1, 0.15) is 30.7 Å². The lowest BCUT2D eigenvalue weighted by molar-refractivity contribution is -0.121. The van der Waals surface area contributed by atoms with Crippen molar-refractivity contribution in [3.8, 4) is 6.07 Å². The molecule has 1 aromatic carbocycles. The molecule has 0 N–H and O–H groups in total. The van der Waals surface area contributed by atoms with E-state index < -0.39 is 11.7 Å². The lowest BCUT2D eigenvalue weighted by atomic mass is 9.91. The molecule has 0 heterocycles. The molecule has 2 nitrogen and oxygen atoms in total. The predicted molar refractivity (Wildman–Crippen MR) is 69.1 cm³/mol. The Balaban J connectivity index is 1.85. The molecule has 19 heavy (non-hydrogen) atoms. The molecule has 0 aromatic heterocycles. The van der Waals surface area contributed by atoms with Gasteiger partial charge in [-0.05, 0) is 42.4 Å². The topological polar surface area (TPSA) is 40.9 Å². The highest BCUT2D eigenvalue weighted by molar-refractivity contribution is 6.31. The molecular formula is C15H13ClFNO. The van der Waals surface area contributed by atoms with E-state index in [4.69, 9.17) is 11.6 Å². The molecule has 0 saturated heterocycles. The third-order valence-electron chi connectivity index (χ3n) is 4.42. The van der Waals surface area contributed by atoms with Crippen LogP contribution < -0.4 is 0 Å². The van der Waals surface area contributed by atoms with Crippen LogP contribution in [0.5, 0.6) is 0 Å². The van der Waals surface area contributed by atoms with Gasteiger partial charge >= 0.3 is 0 Å². The predicted octanol–water partition coefficient (Wildman–Crippen LogP) is 3.70. The van der Waals surface area contributed by atoms with Gasteiger partial charge < -0.3 is 0 Å². The van der Waals surface area contributed by atoms with Crippen LogP contribution in [0.4, 0.5) is 4.39 Å². The van der Waals surface area contributed by atoms with E-state index in [1.54, 1.807) is 0 Å². The fraction of sp³-hybridized carbons (Fsp3) is 0.467. The van der Waals surface area contributed by atoms with Gasteiger partial charge in [0, 0.05) is 10.9 Å². The molecule has 0 bridgehead atoms. The third kappa shape index (κ3) is 2.04. The maximum atomic E-state index is 13.0. The first-order valence-electron chi connectivity index (χ1n) is 6.51. The molecule has 3 atom stereocenters. The summed E-state index contributed by atoms with van der Waals surface area (Å²) >= 11 is 5.95. The zero-order valence-electron chi connectivity index (χ0n) is 10.3. The first kappa shape index (κ1) is 12.6. The van der Waals surface area contributed by atoms with Gasteiger partial charge in [-0.15, -0.1) is 0 Å². The second-order valence-electron chi connectivity index (χ2n) is 5.41. The molecule has 2 fully saturated rings. The summed E-state index contributed by atoms with van der Waals surface area (Å²) in [5, 5.41) is 9.42. The molecular weight excluding hydrogens is 265 g/mol. The van der Waals surface area contributed by atoms with Gasteiger partial charge in [-0.2, -0.15) is 5.26 Å². The van der Waals surface area contributed by atoms with E-state index in [0.717, 1.165) is 18.9 Å². The fourth-order valence-electron chi connectivity index (χ4n) is 3.46. The van der Waals surface area contributed by atoms with Gasteiger partial charge in [-0.25, -0.2) is 4.39 Å². The van der Waals surface area contributed by atoms with Crippen molar-refractivity contribution in [1.29, 1.82) is 5.26 Å². The average Bonchev–Trinajstić information content (AvgIpc) is 2.86. The standard InChI is InChI=1S/C15H13ClFNO/c16-13-6-8(17)4-5-9(13)12(7-18)15(19)14-10-2-1-3-11(10)14/h4-6,10-12,14H,1-3H2. The van der Waals surface area contributed by atoms with E-state index in [1.807, 2.05) is 6.07 Å². The Morgan fingerprint density at radius 1 is 1.42 bits per heavy atom. The molecule has 98 valence electrons. The van der Waals surface area contributed by atoms with E-state index in [9.17, 15) is 14.4 Å². The fourth-order valence-corrected chi connectivity index (χ4v) is 3.73. The number of fused-ring (bicyclic) bond motifs is 1. The smallest absolute Gasteiger partial charge is 0.158 e. The minimum Gasteiger partial charge on any atom is -0.298 e. The number of carbonyl (C=O) groups is 1. The zero-order valence-corrected chi connectivity index (χ0v) is 11.0. The highest BCUT2D eigenvalue weighted by atomic mass is 35.5. The van der Waals surface area contributed by atoms with Crippen LogP contribution in [0.3, 0.4) is 0 Å². The number of rotatable bonds is 3. The highest BCUT2D eigenvalue weighted by Gasteiger charge is 2.57. The summed E-state index contributed by atoms with van der Waals surface area (Å²) < 4.78 is 13.0. The minimum absolute atomic E-state index is 0.0273. The number of nitriles is 1. The number of hydrogen-bond donors (Lipinski definition) is 0. The Morgan fingerprint density at radius 2 is 2.11 bits per heavy atom. The minimum atomic E-state index is -0.858. The van der Waals surface area contributed by atoms with Crippen LogP contribution in [0.25, 0.3) is 0 Å². The first-order chi connectivity index (χ1) is 9.13. The van der Waals surface area contributed by atoms with Crippen molar-refractivity contribution in [1.82, 2.24) is 0 Å². The van der Waals surface area contributed by atoms with E-state index in [1.165, 1.54) is 18.6 Å². The summed E-state index contributed by atoms with van der Waals surface area (Å²) in [6, 6.07) is 5.88. The molecule has 0 spiro atoms. The van der Waals surface area contributed by atoms with Gasteiger partial charge in [-0.1, -0.05) is 24.1 Å². The quantitative estimate of drug-likeness (QED) is 0.845. The van der Waals surface area contributed by atoms with E-state index in [-0.39, 0.29) is 16.7 Å². The maximum Gasteiger partial charge on any atom is 0.158 e. The van der Waals surface area contributed by atoms with Gasteiger partial charge in [0.15, 0.2) is 5.78 Å². The van der Waals surface area contributed by atoms with Crippen molar-refractivity contribution in [3.05, 3.63) is 34.6 Å². The Hall–Kier alpha value is -1.40. The van der Waals surface area contributed by atoms with Gasteiger partial charge in [0.1, 0.15) is 11.7 Å². The summed E-state index contributed by atoms with van der Waals surface area (Å²) in [6.07, 6.45) is 3.38. The second-order valence-corrected chi connectivity index (χ2v) is 5.82. The number of halogens is 2. The molecule has 0 aliphatic heterocycles. The van der Waals surface area contributed by atoms with Crippen LogP contribution in [-0.4, -0.2) is 5.78 Å². The monoisotopic (exact) mass is 277 g/mol. The van der Waals surface area contributed by atoms with Gasteiger partial charge in [-0.3, -0.25) is 4.79 Å². The zero-order chi connectivity index (χ0) is 13.6. The summed E-state index contributed by atoms with van der Waals surface area (Å²) in [7, 11) is 0. The van der Waals surface area contributed by atoms with E-state index in [2.05, 4.69) is 0 Å². The van der Waals surface area contributed by atoms with E-state index >= 15 is 0 Å². The van der Waals surface area contributed by atoms with Gasteiger partial charge in [0.25, 0.3) is 0 Å². The van der Waals surface area contributed by atoms with Crippen LogP contribution in [0.15, 0.2) is 18.2 Å². The van der Waals surface area contributed by atoms with Crippen LogP contribution in [-0.2, 0) is 4.79 Å².